The summed E-state index contributed by atoms with van der Waals surface area (Å²) in [6, 6.07) is 9.60. The first-order chi connectivity index (χ1) is 13.9. The van der Waals surface area contributed by atoms with E-state index in [1.54, 1.807) is 29.2 Å². The van der Waals surface area contributed by atoms with Gasteiger partial charge >= 0.3 is 0 Å². The van der Waals surface area contributed by atoms with E-state index in [9.17, 15) is 13.2 Å². The molecule has 1 amide bonds. The Morgan fingerprint density at radius 3 is 2.38 bits per heavy atom. The first-order valence-electron chi connectivity index (χ1n) is 9.21. The van der Waals surface area contributed by atoms with Gasteiger partial charge in [0.25, 0.3) is 5.91 Å². The number of ether oxygens (including phenoxy) is 2. The third kappa shape index (κ3) is 3.70. The molecule has 2 fully saturated rings. The molecule has 0 N–H and O–H groups in total. The van der Waals surface area contributed by atoms with Crippen molar-refractivity contribution in [1.82, 2.24) is 9.21 Å². The van der Waals surface area contributed by atoms with Gasteiger partial charge < -0.3 is 18.8 Å². The topological polar surface area (TPSA) is 89.3 Å². The zero-order valence-electron chi connectivity index (χ0n) is 15.8. The van der Waals surface area contributed by atoms with Crippen LogP contribution in [0.25, 0.3) is 0 Å². The number of sulfonamides is 1. The number of benzene rings is 1. The highest BCUT2D eigenvalue weighted by Gasteiger charge is 2.51. The molecule has 1 aromatic heterocycles. The van der Waals surface area contributed by atoms with Crippen molar-refractivity contribution >= 4 is 31.9 Å². The van der Waals surface area contributed by atoms with E-state index in [4.69, 9.17) is 13.9 Å². The summed E-state index contributed by atoms with van der Waals surface area (Å²) < 4.78 is 44.8. The number of rotatable bonds is 4. The minimum Gasteiger partial charge on any atom is -0.497 e. The van der Waals surface area contributed by atoms with E-state index in [-0.39, 0.29) is 23.1 Å². The van der Waals surface area contributed by atoms with Gasteiger partial charge in [-0.05, 0) is 52.3 Å². The normalized spacial score (nSPS) is 19.6. The summed E-state index contributed by atoms with van der Waals surface area (Å²) in [7, 11) is -2.20. The van der Waals surface area contributed by atoms with Crippen molar-refractivity contribution < 1.29 is 27.1 Å². The van der Waals surface area contributed by atoms with Gasteiger partial charge in [0, 0.05) is 32.5 Å². The van der Waals surface area contributed by atoms with Crippen LogP contribution >= 0.6 is 15.9 Å². The van der Waals surface area contributed by atoms with Gasteiger partial charge in [-0.15, -0.1) is 0 Å². The SMILES string of the molecule is COc1ccc(S(=O)(=O)N2CCOC23CCN(C(=O)c2ccc(Br)o2)CC3)cc1. The molecule has 0 aliphatic carbocycles. The third-order valence-electron chi connectivity index (χ3n) is 5.38. The lowest BCUT2D eigenvalue weighted by Crippen LogP contribution is -2.55. The van der Waals surface area contributed by atoms with Crippen molar-refractivity contribution in [2.75, 3.05) is 33.4 Å². The van der Waals surface area contributed by atoms with Crippen molar-refractivity contribution in [2.45, 2.75) is 23.5 Å². The maximum absolute atomic E-state index is 13.3. The fourth-order valence-electron chi connectivity index (χ4n) is 3.85. The summed E-state index contributed by atoms with van der Waals surface area (Å²) in [4.78, 5) is 14.5. The first kappa shape index (κ1) is 20.4. The highest BCUT2D eigenvalue weighted by atomic mass is 79.9. The Morgan fingerprint density at radius 1 is 1.10 bits per heavy atom. The van der Waals surface area contributed by atoms with Gasteiger partial charge in [0.15, 0.2) is 10.4 Å². The average Bonchev–Trinajstić information content (AvgIpc) is 3.35. The van der Waals surface area contributed by atoms with Crippen LogP contribution in [0, 0.1) is 0 Å². The Balaban J connectivity index is 1.51. The fourth-order valence-corrected chi connectivity index (χ4v) is 5.88. The molecule has 10 heteroatoms. The van der Waals surface area contributed by atoms with Crippen LogP contribution in [-0.2, 0) is 14.8 Å². The summed E-state index contributed by atoms with van der Waals surface area (Å²) in [5, 5.41) is 0. The molecule has 2 saturated heterocycles. The number of hydrogen-bond acceptors (Lipinski definition) is 6. The van der Waals surface area contributed by atoms with Gasteiger partial charge in [-0.3, -0.25) is 4.79 Å². The van der Waals surface area contributed by atoms with Crippen molar-refractivity contribution in [1.29, 1.82) is 0 Å². The number of furan rings is 1. The summed E-state index contributed by atoms with van der Waals surface area (Å²) >= 11 is 3.20. The molecule has 0 radical (unpaired) electrons. The third-order valence-corrected chi connectivity index (χ3v) is 7.77. The van der Waals surface area contributed by atoms with Crippen LogP contribution in [0.4, 0.5) is 0 Å². The smallest absolute Gasteiger partial charge is 0.289 e. The minimum absolute atomic E-state index is 0.196. The summed E-state index contributed by atoms with van der Waals surface area (Å²) in [5.41, 5.74) is -0.931. The molecule has 8 nitrogen and oxygen atoms in total. The number of halogens is 1. The minimum atomic E-state index is -3.73. The highest BCUT2D eigenvalue weighted by Crippen LogP contribution is 2.38. The van der Waals surface area contributed by atoms with E-state index in [2.05, 4.69) is 15.9 Å². The molecule has 0 unspecified atom stereocenters. The van der Waals surface area contributed by atoms with Crippen LogP contribution in [0.3, 0.4) is 0 Å². The van der Waals surface area contributed by atoms with Gasteiger partial charge in [-0.1, -0.05) is 0 Å². The number of likely N-dealkylation sites (tertiary alicyclic amines) is 1. The number of amides is 1. The zero-order valence-corrected chi connectivity index (χ0v) is 18.2. The first-order valence-corrected chi connectivity index (χ1v) is 11.4. The van der Waals surface area contributed by atoms with E-state index in [0.29, 0.717) is 43.0 Å². The van der Waals surface area contributed by atoms with Gasteiger partial charge in [0.2, 0.25) is 10.0 Å². The Bertz CT molecular complexity index is 996. The standard InChI is InChI=1S/C19H21BrN2O6S/c1-26-14-2-4-15(5-3-14)29(24,25)22-12-13-27-19(22)8-10-21(11-9-19)18(23)16-6-7-17(20)28-16/h2-7H,8-13H2,1H3. The second kappa shape index (κ2) is 7.75. The maximum atomic E-state index is 13.3. The zero-order chi connectivity index (χ0) is 20.6. The van der Waals surface area contributed by atoms with Gasteiger partial charge in [0.1, 0.15) is 11.5 Å². The lowest BCUT2D eigenvalue weighted by atomic mass is 10.0. The quantitative estimate of drug-likeness (QED) is 0.662. The molecule has 2 aliphatic heterocycles. The van der Waals surface area contributed by atoms with Crippen LogP contribution in [0.1, 0.15) is 23.4 Å². The number of nitrogens with zero attached hydrogens (tertiary/aromatic N) is 2. The molecule has 2 aliphatic rings. The van der Waals surface area contributed by atoms with Crippen LogP contribution in [0.15, 0.2) is 50.4 Å². The molecular formula is C19H21BrN2O6S. The molecule has 156 valence electrons. The monoisotopic (exact) mass is 484 g/mol. The molecule has 3 heterocycles. The molecular weight excluding hydrogens is 464 g/mol. The average molecular weight is 485 g/mol. The van der Waals surface area contributed by atoms with Crippen molar-refractivity contribution in [2.24, 2.45) is 0 Å². The fraction of sp³-hybridized carbons (Fsp3) is 0.421. The molecule has 1 spiro atoms. The van der Waals surface area contributed by atoms with E-state index >= 15 is 0 Å². The van der Waals surface area contributed by atoms with Gasteiger partial charge in [0.05, 0.1) is 18.6 Å². The van der Waals surface area contributed by atoms with Gasteiger partial charge in [-0.2, -0.15) is 4.31 Å². The molecule has 1 aromatic carbocycles. The Labute approximate surface area is 177 Å². The van der Waals surface area contributed by atoms with Gasteiger partial charge in [-0.25, -0.2) is 8.42 Å². The van der Waals surface area contributed by atoms with Crippen LogP contribution in [0.5, 0.6) is 5.75 Å². The second-order valence-corrected chi connectivity index (χ2v) is 9.59. The number of piperidine rings is 1. The van der Waals surface area contributed by atoms with Crippen molar-refractivity contribution in [3.05, 3.63) is 46.8 Å². The molecule has 0 atom stereocenters. The van der Waals surface area contributed by atoms with E-state index < -0.39 is 15.7 Å². The van der Waals surface area contributed by atoms with E-state index in [0.717, 1.165) is 0 Å². The largest absolute Gasteiger partial charge is 0.497 e. The number of methoxy groups -OCH3 is 1. The molecule has 4 rings (SSSR count). The van der Waals surface area contributed by atoms with Crippen LogP contribution < -0.4 is 4.74 Å². The molecule has 0 saturated carbocycles. The molecule has 0 bridgehead atoms. The molecule has 2 aromatic rings. The van der Waals surface area contributed by atoms with Crippen molar-refractivity contribution in [3.63, 3.8) is 0 Å². The Hall–Kier alpha value is -1.88. The van der Waals surface area contributed by atoms with Crippen LogP contribution in [0.2, 0.25) is 0 Å². The number of carbonyl (C=O) groups is 1. The second-order valence-electron chi connectivity index (χ2n) is 6.94. The number of hydrogen-bond donors (Lipinski definition) is 0. The summed E-state index contributed by atoms with van der Waals surface area (Å²) in [5.74, 6) is 0.628. The van der Waals surface area contributed by atoms with Crippen molar-refractivity contribution in [3.8, 4) is 5.75 Å². The predicted molar refractivity (Wildman–Crippen MR) is 107 cm³/mol. The Kier molecular flexibility index (Phi) is 5.45. The predicted octanol–water partition coefficient (Wildman–Crippen LogP) is 2.70. The molecule has 29 heavy (non-hydrogen) atoms. The Morgan fingerprint density at radius 2 is 1.79 bits per heavy atom. The number of carbonyl (C=O) groups excluding carboxylic acids is 1. The lowest BCUT2D eigenvalue weighted by Gasteiger charge is -2.42. The van der Waals surface area contributed by atoms with E-state index in [1.165, 1.54) is 23.5 Å². The summed E-state index contributed by atoms with van der Waals surface area (Å²) in [6.45, 7) is 1.37. The maximum Gasteiger partial charge on any atom is 0.289 e. The lowest BCUT2D eigenvalue weighted by molar-refractivity contribution is -0.0859. The van der Waals surface area contributed by atoms with E-state index in [1.807, 2.05) is 0 Å². The van der Waals surface area contributed by atoms with Crippen LogP contribution in [-0.4, -0.2) is 62.6 Å². The highest BCUT2D eigenvalue weighted by molar-refractivity contribution is 9.10. The summed E-state index contributed by atoms with van der Waals surface area (Å²) in [6.07, 6.45) is 0.798.